The first-order valence-corrected chi connectivity index (χ1v) is 9.05. The van der Waals surface area contributed by atoms with Crippen molar-refractivity contribution in [2.45, 2.75) is 39.3 Å². The second kappa shape index (κ2) is 8.16. The molecule has 0 spiro atoms. The van der Waals surface area contributed by atoms with Gasteiger partial charge in [0.1, 0.15) is 17.9 Å². The van der Waals surface area contributed by atoms with Crippen LogP contribution in [-0.2, 0) is 16.0 Å². The highest BCUT2D eigenvalue weighted by Crippen LogP contribution is 2.32. The first kappa shape index (κ1) is 18.8. The smallest absolute Gasteiger partial charge is 0.242 e. The molecule has 7 heteroatoms. The van der Waals surface area contributed by atoms with Gasteiger partial charge in [0, 0.05) is 31.3 Å². The molecule has 0 radical (unpaired) electrons. The Labute approximate surface area is 158 Å². The molecule has 2 heterocycles. The lowest BCUT2D eigenvalue weighted by Gasteiger charge is -2.22. The molecular formula is C20H24N4O3. The molecule has 3 rings (SSSR count). The van der Waals surface area contributed by atoms with Crippen molar-refractivity contribution in [3.63, 3.8) is 0 Å². The van der Waals surface area contributed by atoms with E-state index in [1.807, 2.05) is 26.0 Å². The number of hydrogen-bond acceptors (Lipinski definition) is 5. The summed E-state index contributed by atoms with van der Waals surface area (Å²) in [5.41, 5.74) is 2.88. The van der Waals surface area contributed by atoms with Crippen LogP contribution in [0.2, 0.25) is 0 Å². The van der Waals surface area contributed by atoms with Gasteiger partial charge in [-0.3, -0.25) is 19.6 Å². The maximum atomic E-state index is 12.4. The molecule has 2 N–H and O–H groups in total. The summed E-state index contributed by atoms with van der Waals surface area (Å²) in [5.74, 6) is 0.416. The van der Waals surface area contributed by atoms with Crippen LogP contribution in [0.25, 0.3) is 11.3 Å². The van der Waals surface area contributed by atoms with Gasteiger partial charge in [-0.1, -0.05) is 13.8 Å². The minimum Gasteiger partial charge on any atom is -0.488 e. The van der Waals surface area contributed by atoms with Gasteiger partial charge < -0.3 is 15.4 Å². The van der Waals surface area contributed by atoms with Gasteiger partial charge in [0.25, 0.3) is 0 Å². The maximum absolute atomic E-state index is 12.4. The van der Waals surface area contributed by atoms with E-state index in [0.717, 1.165) is 22.6 Å². The lowest BCUT2D eigenvalue weighted by atomic mass is 10.0. The minimum absolute atomic E-state index is 0.00475. The van der Waals surface area contributed by atoms with E-state index >= 15 is 0 Å². The van der Waals surface area contributed by atoms with E-state index in [0.29, 0.717) is 13.0 Å². The van der Waals surface area contributed by atoms with E-state index in [9.17, 15) is 9.59 Å². The highest BCUT2D eigenvalue weighted by Gasteiger charge is 2.27. The van der Waals surface area contributed by atoms with Gasteiger partial charge in [-0.25, -0.2) is 0 Å². The summed E-state index contributed by atoms with van der Waals surface area (Å²) < 4.78 is 5.93. The molecule has 2 atom stereocenters. The van der Waals surface area contributed by atoms with Crippen LogP contribution in [0.15, 0.2) is 36.8 Å². The first-order chi connectivity index (χ1) is 12.9. The Kier molecular flexibility index (Phi) is 5.69. The summed E-state index contributed by atoms with van der Waals surface area (Å²) in [6, 6.07) is 5.38. The van der Waals surface area contributed by atoms with E-state index < -0.39 is 6.04 Å². The fourth-order valence-corrected chi connectivity index (χ4v) is 3.12. The summed E-state index contributed by atoms with van der Waals surface area (Å²) in [5, 5.41) is 5.58. The minimum atomic E-state index is -0.547. The van der Waals surface area contributed by atoms with Crippen molar-refractivity contribution >= 4 is 11.8 Å². The van der Waals surface area contributed by atoms with Gasteiger partial charge in [0.05, 0.1) is 18.4 Å². The third-order valence-electron chi connectivity index (χ3n) is 4.47. The van der Waals surface area contributed by atoms with Crippen LogP contribution in [-0.4, -0.2) is 40.5 Å². The van der Waals surface area contributed by atoms with E-state index in [1.165, 1.54) is 6.92 Å². The molecule has 0 aliphatic carbocycles. The summed E-state index contributed by atoms with van der Waals surface area (Å²) >= 11 is 0. The van der Waals surface area contributed by atoms with Crippen molar-refractivity contribution in [3.05, 3.63) is 42.4 Å². The Morgan fingerprint density at radius 2 is 2.11 bits per heavy atom. The van der Waals surface area contributed by atoms with Gasteiger partial charge in [-0.05, 0) is 29.7 Å². The molecule has 0 bridgehead atoms. The normalized spacial score (nSPS) is 16.4. The molecule has 142 valence electrons. The number of aromatic nitrogens is 2. The van der Waals surface area contributed by atoms with Crippen molar-refractivity contribution in [1.29, 1.82) is 0 Å². The molecule has 0 unspecified atom stereocenters. The third kappa shape index (κ3) is 4.61. The number of benzene rings is 1. The quantitative estimate of drug-likeness (QED) is 0.810. The van der Waals surface area contributed by atoms with Crippen LogP contribution in [0, 0.1) is 5.92 Å². The van der Waals surface area contributed by atoms with Crippen molar-refractivity contribution in [2.24, 2.45) is 5.92 Å². The highest BCUT2D eigenvalue weighted by atomic mass is 16.5. The molecule has 1 aliphatic rings. The number of hydrogen-bond donors (Lipinski definition) is 2. The number of nitrogens with one attached hydrogen (secondary N) is 2. The SMILES string of the molecule is CC(=O)N[C@@H](C(=O)NC[C@H]1Cc2cc(-c3cnccn3)ccc2O1)C(C)C. The maximum Gasteiger partial charge on any atom is 0.242 e. The van der Waals surface area contributed by atoms with Crippen LogP contribution in [0.5, 0.6) is 5.75 Å². The summed E-state index contributed by atoms with van der Waals surface area (Å²) in [6.07, 6.45) is 5.60. The van der Waals surface area contributed by atoms with Crippen LogP contribution in [0.3, 0.4) is 0 Å². The van der Waals surface area contributed by atoms with Crippen molar-refractivity contribution in [2.75, 3.05) is 6.54 Å². The average molecular weight is 368 g/mol. The number of fused-ring (bicyclic) bond motifs is 1. The molecule has 2 aromatic rings. The fraction of sp³-hybridized carbons (Fsp3) is 0.400. The molecule has 7 nitrogen and oxygen atoms in total. The summed E-state index contributed by atoms with van der Waals surface area (Å²) in [6.45, 7) is 5.59. The van der Waals surface area contributed by atoms with E-state index in [4.69, 9.17) is 4.74 Å². The number of amides is 2. The Morgan fingerprint density at radius 3 is 2.78 bits per heavy atom. The third-order valence-corrected chi connectivity index (χ3v) is 4.47. The predicted octanol–water partition coefficient (Wildman–Crippen LogP) is 1.72. The molecule has 1 aromatic carbocycles. The monoisotopic (exact) mass is 368 g/mol. The molecule has 1 aromatic heterocycles. The van der Waals surface area contributed by atoms with Gasteiger partial charge in [0.15, 0.2) is 0 Å². The van der Waals surface area contributed by atoms with Gasteiger partial charge in [-0.2, -0.15) is 0 Å². The largest absolute Gasteiger partial charge is 0.488 e. The van der Waals surface area contributed by atoms with Crippen LogP contribution >= 0.6 is 0 Å². The number of ether oxygens (including phenoxy) is 1. The number of carbonyl (C=O) groups excluding carboxylic acids is 2. The van der Waals surface area contributed by atoms with Gasteiger partial charge >= 0.3 is 0 Å². The van der Waals surface area contributed by atoms with Crippen LogP contribution < -0.4 is 15.4 Å². The van der Waals surface area contributed by atoms with E-state index in [1.54, 1.807) is 18.6 Å². The number of rotatable bonds is 6. The summed E-state index contributed by atoms with van der Waals surface area (Å²) in [4.78, 5) is 32.1. The zero-order valence-electron chi connectivity index (χ0n) is 15.7. The van der Waals surface area contributed by atoms with Crippen LogP contribution in [0.1, 0.15) is 26.3 Å². The Hall–Kier alpha value is -2.96. The second-order valence-corrected chi connectivity index (χ2v) is 7.02. The van der Waals surface area contributed by atoms with E-state index in [-0.39, 0.29) is 23.8 Å². The molecule has 0 saturated carbocycles. The average Bonchev–Trinajstić information content (AvgIpc) is 3.06. The zero-order valence-corrected chi connectivity index (χ0v) is 15.7. The van der Waals surface area contributed by atoms with Crippen molar-refractivity contribution in [3.8, 4) is 17.0 Å². The number of carbonyl (C=O) groups is 2. The lowest BCUT2D eigenvalue weighted by molar-refractivity contribution is -0.129. The fourth-order valence-electron chi connectivity index (χ4n) is 3.12. The first-order valence-electron chi connectivity index (χ1n) is 9.05. The summed E-state index contributed by atoms with van der Waals surface area (Å²) in [7, 11) is 0. The molecule has 1 aliphatic heterocycles. The zero-order chi connectivity index (χ0) is 19.4. The molecule has 0 fully saturated rings. The topological polar surface area (TPSA) is 93.2 Å². The Balaban J connectivity index is 1.60. The predicted molar refractivity (Wildman–Crippen MR) is 101 cm³/mol. The lowest BCUT2D eigenvalue weighted by Crippen LogP contribution is -2.50. The van der Waals surface area contributed by atoms with Gasteiger partial charge in [-0.15, -0.1) is 0 Å². The number of nitrogens with zero attached hydrogens (tertiary/aromatic N) is 2. The van der Waals surface area contributed by atoms with Crippen LogP contribution in [0.4, 0.5) is 0 Å². The standard InChI is InChI=1S/C20H24N4O3/c1-12(2)19(24-13(3)25)20(26)23-10-16-9-15-8-14(4-5-18(15)27-16)17-11-21-6-7-22-17/h4-8,11-12,16,19H,9-10H2,1-3H3,(H,23,26)(H,24,25)/t16-,19-/m1/s1. The highest BCUT2D eigenvalue weighted by molar-refractivity contribution is 5.87. The Morgan fingerprint density at radius 1 is 1.30 bits per heavy atom. The Bertz CT molecular complexity index is 823. The molecule has 27 heavy (non-hydrogen) atoms. The molecule has 0 saturated heterocycles. The van der Waals surface area contributed by atoms with Crippen molar-refractivity contribution < 1.29 is 14.3 Å². The second-order valence-electron chi connectivity index (χ2n) is 7.02. The molecular weight excluding hydrogens is 344 g/mol. The molecule has 2 amide bonds. The van der Waals surface area contributed by atoms with E-state index in [2.05, 4.69) is 26.7 Å². The van der Waals surface area contributed by atoms with Gasteiger partial charge in [0.2, 0.25) is 11.8 Å². The van der Waals surface area contributed by atoms with Crippen molar-refractivity contribution in [1.82, 2.24) is 20.6 Å².